The lowest BCUT2D eigenvalue weighted by Gasteiger charge is -2.36. The minimum absolute atomic E-state index is 0.105. The van der Waals surface area contributed by atoms with Gasteiger partial charge in [-0.15, -0.1) is 0 Å². The summed E-state index contributed by atoms with van der Waals surface area (Å²) in [5.41, 5.74) is 0.826. The van der Waals surface area contributed by atoms with Gasteiger partial charge in [0.25, 0.3) is 0 Å². The molecule has 2 aromatic rings. The zero-order chi connectivity index (χ0) is 19.8. The van der Waals surface area contributed by atoms with Crippen molar-refractivity contribution in [3.63, 3.8) is 0 Å². The highest BCUT2D eigenvalue weighted by molar-refractivity contribution is 9.10. The minimum Gasteiger partial charge on any atom is -0.484 e. The summed E-state index contributed by atoms with van der Waals surface area (Å²) in [6, 6.07) is 9.44. The fourth-order valence-electron chi connectivity index (χ4n) is 2.86. The first-order valence-corrected chi connectivity index (χ1v) is 8.88. The summed E-state index contributed by atoms with van der Waals surface area (Å²) in [4.78, 5) is 22.3. The molecule has 1 aliphatic heterocycles. The molecule has 8 heteroatoms. The second kappa shape index (κ2) is 7.30. The highest BCUT2D eigenvalue weighted by Crippen LogP contribution is 2.49. The smallest absolute Gasteiger partial charge is 0.308 e. The Morgan fingerprint density at radius 3 is 2.30 bits per heavy atom. The SMILES string of the molecule is CC(=O)Oc1ccc(C2CC(O)(O)c3ccc(OC(C)=O)c(Br)c3O2)cc1. The second-order valence-electron chi connectivity index (χ2n) is 6.14. The maximum Gasteiger partial charge on any atom is 0.308 e. The van der Waals surface area contributed by atoms with Crippen LogP contribution in [0.3, 0.4) is 0 Å². The molecule has 27 heavy (non-hydrogen) atoms. The van der Waals surface area contributed by atoms with Crippen LogP contribution in [-0.4, -0.2) is 22.2 Å². The van der Waals surface area contributed by atoms with Crippen LogP contribution in [0.25, 0.3) is 0 Å². The molecule has 0 spiro atoms. The summed E-state index contributed by atoms with van der Waals surface area (Å²) < 4.78 is 16.4. The van der Waals surface area contributed by atoms with Gasteiger partial charge in [-0.1, -0.05) is 12.1 Å². The van der Waals surface area contributed by atoms with Gasteiger partial charge in [0.2, 0.25) is 0 Å². The maximum atomic E-state index is 11.2. The number of fused-ring (bicyclic) bond motifs is 1. The summed E-state index contributed by atoms with van der Waals surface area (Å²) in [5, 5.41) is 21.0. The van der Waals surface area contributed by atoms with Gasteiger partial charge in [-0.2, -0.15) is 0 Å². The molecule has 2 aromatic carbocycles. The van der Waals surface area contributed by atoms with E-state index in [9.17, 15) is 19.8 Å². The van der Waals surface area contributed by atoms with E-state index >= 15 is 0 Å². The van der Waals surface area contributed by atoms with Crippen LogP contribution in [-0.2, 0) is 15.4 Å². The molecular formula is C19H17BrO7. The van der Waals surface area contributed by atoms with Gasteiger partial charge in [-0.05, 0) is 45.8 Å². The molecule has 0 radical (unpaired) electrons. The molecule has 1 heterocycles. The normalized spacial score (nSPS) is 17.4. The number of aliphatic hydroxyl groups is 2. The number of hydrogen-bond acceptors (Lipinski definition) is 7. The van der Waals surface area contributed by atoms with Crippen LogP contribution < -0.4 is 14.2 Å². The number of carbonyl (C=O) groups is 2. The standard InChI is InChI=1S/C19H17BrO7/c1-10(21)25-13-5-3-12(4-6-13)16-9-19(23,24)14-7-8-15(26-11(2)22)17(20)18(14)27-16/h3-8,16,23-24H,9H2,1-2H3. The lowest BCUT2D eigenvalue weighted by Crippen LogP contribution is -2.34. The largest absolute Gasteiger partial charge is 0.484 e. The monoisotopic (exact) mass is 436 g/mol. The topological polar surface area (TPSA) is 102 Å². The quantitative estimate of drug-likeness (QED) is 0.433. The molecule has 0 aromatic heterocycles. The van der Waals surface area contributed by atoms with Crippen molar-refractivity contribution in [3.8, 4) is 17.2 Å². The third-order valence-electron chi connectivity index (χ3n) is 3.99. The zero-order valence-electron chi connectivity index (χ0n) is 14.6. The number of hydrogen-bond donors (Lipinski definition) is 2. The highest BCUT2D eigenvalue weighted by Gasteiger charge is 2.41. The molecule has 0 bridgehead atoms. The van der Waals surface area contributed by atoms with Crippen molar-refractivity contribution in [1.82, 2.24) is 0 Å². The van der Waals surface area contributed by atoms with Crippen LogP contribution in [0, 0.1) is 0 Å². The number of rotatable bonds is 3. The van der Waals surface area contributed by atoms with E-state index in [1.807, 2.05) is 0 Å². The van der Waals surface area contributed by atoms with Crippen molar-refractivity contribution in [2.24, 2.45) is 0 Å². The number of carbonyl (C=O) groups excluding carboxylic acids is 2. The van der Waals surface area contributed by atoms with Crippen molar-refractivity contribution in [1.29, 1.82) is 0 Å². The average molecular weight is 437 g/mol. The first-order chi connectivity index (χ1) is 12.7. The summed E-state index contributed by atoms with van der Waals surface area (Å²) in [6.45, 7) is 2.57. The molecule has 0 saturated carbocycles. The van der Waals surface area contributed by atoms with Gasteiger partial charge in [-0.25, -0.2) is 0 Å². The van der Waals surface area contributed by atoms with E-state index in [2.05, 4.69) is 15.9 Å². The van der Waals surface area contributed by atoms with Crippen LogP contribution in [0.4, 0.5) is 0 Å². The number of halogens is 1. The van der Waals surface area contributed by atoms with Crippen LogP contribution >= 0.6 is 15.9 Å². The van der Waals surface area contributed by atoms with E-state index in [-0.39, 0.29) is 23.5 Å². The Kier molecular flexibility index (Phi) is 5.23. The number of ether oxygens (including phenoxy) is 3. The highest BCUT2D eigenvalue weighted by atomic mass is 79.9. The Balaban J connectivity index is 1.94. The Morgan fingerprint density at radius 2 is 1.70 bits per heavy atom. The van der Waals surface area contributed by atoms with E-state index in [0.29, 0.717) is 15.8 Å². The summed E-state index contributed by atoms with van der Waals surface area (Å²) in [6.07, 6.45) is -0.783. The summed E-state index contributed by atoms with van der Waals surface area (Å²) in [5.74, 6) is -2.31. The predicted molar refractivity (Wildman–Crippen MR) is 97.3 cm³/mol. The molecule has 142 valence electrons. The lowest BCUT2D eigenvalue weighted by atomic mass is 9.92. The zero-order valence-corrected chi connectivity index (χ0v) is 16.1. The molecule has 1 aliphatic rings. The number of esters is 2. The van der Waals surface area contributed by atoms with E-state index in [4.69, 9.17) is 14.2 Å². The van der Waals surface area contributed by atoms with Crippen LogP contribution in [0.2, 0.25) is 0 Å². The third kappa shape index (κ3) is 4.13. The first kappa shape index (κ1) is 19.3. The molecule has 3 rings (SSSR count). The molecule has 7 nitrogen and oxygen atoms in total. The minimum atomic E-state index is -2.13. The van der Waals surface area contributed by atoms with Crippen molar-refractivity contribution in [2.75, 3.05) is 0 Å². The van der Waals surface area contributed by atoms with E-state index in [0.717, 1.165) is 0 Å². The molecule has 0 amide bonds. The molecule has 0 aliphatic carbocycles. The van der Waals surface area contributed by atoms with Gasteiger partial charge in [0, 0.05) is 20.3 Å². The molecule has 0 saturated heterocycles. The number of benzene rings is 2. The second-order valence-corrected chi connectivity index (χ2v) is 6.93. The van der Waals surface area contributed by atoms with E-state index in [1.54, 1.807) is 24.3 Å². The van der Waals surface area contributed by atoms with Crippen molar-refractivity contribution >= 4 is 27.9 Å². The first-order valence-electron chi connectivity index (χ1n) is 8.08. The van der Waals surface area contributed by atoms with E-state index in [1.165, 1.54) is 26.0 Å². The lowest BCUT2D eigenvalue weighted by molar-refractivity contribution is -0.199. The Labute approximate surface area is 163 Å². The van der Waals surface area contributed by atoms with Gasteiger partial charge in [0.1, 0.15) is 27.8 Å². The van der Waals surface area contributed by atoms with Crippen LogP contribution in [0.15, 0.2) is 40.9 Å². The van der Waals surface area contributed by atoms with Crippen molar-refractivity contribution in [3.05, 3.63) is 52.0 Å². The van der Waals surface area contributed by atoms with Gasteiger partial charge < -0.3 is 24.4 Å². The summed E-state index contributed by atoms with van der Waals surface area (Å²) >= 11 is 3.30. The molecule has 2 N–H and O–H groups in total. The van der Waals surface area contributed by atoms with Crippen LogP contribution in [0.1, 0.15) is 37.5 Å². The maximum absolute atomic E-state index is 11.2. The molecule has 1 unspecified atom stereocenters. The van der Waals surface area contributed by atoms with Gasteiger partial charge in [0.05, 0.1) is 5.56 Å². The van der Waals surface area contributed by atoms with Crippen molar-refractivity contribution < 1.29 is 34.0 Å². The third-order valence-corrected chi connectivity index (χ3v) is 4.74. The van der Waals surface area contributed by atoms with Crippen molar-refractivity contribution in [2.45, 2.75) is 32.2 Å². The fraction of sp³-hybridized carbons (Fsp3) is 0.263. The van der Waals surface area contributed by atoms with Crippen LogP contribution in [0.5, 0.6) is 17.2 Å². The predicted octanol–water partition coefficient (Wildman–Crippen LogP) is 2.96. The van der Waals surface area contributed by atoms with Gasteiger partial charge in [-0.3, -0.25) is 9.59 Å². The average Bonchev–Trinajstić information content (AvgIpc) is 2.57. The molecule has 1 atom stereocenters. The molecule has 0 fully saturated rings. The van der Waals surface area contributed by atoms with Gasteiger partial charge >= 0.3 is 11.9 Å². The Hall–Kier alpha value is -2.42. The van der Waals surface area contributed by atoms with Gasteiger partial charge in [0.15, 0.2) is 5.79 Å². The summed E-state index contributed by atoms with van der Waals surface area (Å²) in [7, 11) is 0. The Bertz CT molecular complexity index is 890. The molecular weight excluding hydrogens is 420 g/mol. The Morgan fingerprint density at radius 1 is 1.07 bits per heavy atom. The fourth-order valence-corrected chi connectivity index (χ4v) is 3.38. The van der Waals surface area contributed by atoms with E-state index < -0.39 is 23.8 Å².